The number of aliphatic carboxylic acids is 1. The Morgan fingerprint density at radius 2 is 1.85 bits per heavy atom. The highest BCUT2D eigenvalue weighted by atomic mass is 17.2. The largest absolute Gasteiger partial charge is 0.492 e. The van der Waals surface area contributed by atoms with Crippen molar-refractivity contribution >= 4 is 17.9 Å². The van der Waals surface area contributed by atoms with Crippen molar-refractivity contribution in [3.63, 3.8) is 0 Å². The summed E-state index contributed by atoms with van der Waals surface area (Å²) in [5.74, 6) is -1.60. The van der Waals surface area contributed by atoms with Crippen molar-refractivity contribution in [2.45, 2.75) is 42.7 Å². The standard InChI is InChI=1S/C29H34N4O14/c1-31-8-15(26(35)36)27(37)40-10-21-22(34)24(45-33-29(30)32-2)25(28(38)44-21)47-46-12-3-4-17-14(5-12)23-16(9-39-17)13-6-19-20(42-11-41-19)7-18(13)43-23/h3-7,15-16,21-25,28,31,34,38H,8-11H2,1-2H3,(H,35,36)(H3,30,32,33). The molecule has 0 radical (unpaired) electrons. The van der Waals surface area contributed by atoms with Crippen LogP contribution in [0.25, 0.3) is 0 Å². The first-order valence-electron chi connectivity index (χ1n) is 14.6. The molecule has 4 heterocycles. The lowest BCUT2D eigenvalue weighted by atomic mass is 9.89. The fourth-order valence-electron chi connectivity index (χ4n) is 5.59. The van der Waals surface area contributed by atoms with E-state index < -0.39 is 61.3 Å². The third-order valence-corrected chi connectivity index (χ3v) is 8.04. The number of aliphatic hydroxyl groups excluding tert-OH is 2. The molecule has 0 aromatic heterocycles. The zero-order valence-electron chi connectivity index (χ0n) is 25.2. The lowest BCUT2D eigenvalue weighted by Crippen LogP contribution is -2.62. The number of fused-ring (bicyclic) bond motifs is 6. The number of rotatable bonds is 11. The van der Waals surface area contributed by atoms with Gasteiger partial charge in [-0.15, -0.1) is 0 Å². The minimum absolute atomic E-state index is 0.128. The number of nitrogens with two attached hydrogens (primary N) is 1. The maximum atomic E-state index is 12.4. The van der Waals surface area contributed by atoms with E-state index in [0.717, 1.165) is 5.56 Å². The van der Waals surface area contributed by atoms with Crippen LogP contribution in [-0.2, 0) is 28.8 Å². The van der Waals surface area contributed by atoms with E-state index in [1.807, 2.05) is 6.07 Å². The summed E-state index contributed by atoms with van der Waals surface area (Å²) < 4.78 is 33.8. The number of aliphatic imine (C=N–C) groups is 1. The molecule has 8 unspecified atom stereocenters. The van der Waals surface area contributed by atoms with Crippen molar-refractivity contribution in [2.75, 3.05) is 40.6 Å². The van der Waals surface area contributed by atoms with E-state index in [9.17, 15) is 24.9 Å². The van der Waals surface area contributed by atoms with Gasteiger partial charge in [-0.2, -0.15) is 4.89 Å². The summed E-state index contributed by atoms with van der Waals surface area (Å²) >= 11 is 0. The van der Waals surface area contributed by atoms with Gasteiger partial charge in [0.2, 0.25) is 12.8 Å². The van der Waals surface area contributed by atoms with Gasteiger partial charge in [-0.25, -0.2) is 5.48 Å². The van der Waals surface area contributed by atoms with Gasteiger partial charge in [-0.05, 0) is 31.3 Å². The number of hydroxylamine groups is 1. The van der Waals surface area contributed by atoms with E-state index in [1.54, 1.807) is 24.3 Å². The van der Waals surface area contributed by atoms with E-state index >= 15 is 0 Å². The predicted molar refractivity (Wildman–Crippen MR) is 155 cm³/mol. The van der Waals surface area contributed by atoms with Gasteiger partial charge in [0.05, 0.1) is 12.5 Å². The fraction of sp³-hybridized carbons (Fsp3) is 0.483. The number of carboxylic acids is 1. The molecule has 254 valence electrons. The summed E-state index contributed by atoms with van der Waals surface area (Å²) in [6.45, 7) is -0.287. The molecule has 0 spiro atoms. The van der Waals surface area contributed by atoms with Gasteiger partial charge in [0.15, 0.2) is 35.6 Å². The third-order valence-electron chi connectivity index (χ3n) is 8.04. The molecule has 4 aliphatic heterocycles. The zero-order valence-corrected chi connectivity index (χ0v) is 25.2. The number of aliphatic hydroxyl groups is 2. The van der Waals surface area contributed by atoms with Crippen LogP contribution in [0.4, 0.5) is 0 Å². The number of nitrogens with one attached hydrogen (secondary N) is 2. The first-order chi connectivity index (χ1) is 22.7. The number of hydrogen-bond acceptors (Lipinski definition) is 15. The lowest BCUT2D eigenvalue weighted by Gasteiger charge is -2.40. The van der Waals surface area contributed by atoms with Crippen molar-refractivity contribution in [1.29, 1.82) is 0 Å². The van der Waals surface area contributed by atoms with Gasteiger partial charge >= 0.3 is 11.9 Å². The van der Waals surface area contributed by atoms with Crippen molar-refractivity contribution in [3.8, 4) is 28.7 Å². The molecule has 8 atom stereocenters. The molecule has 2 aromatic rings. The summed E-state index contributed by atoms with van der Waals surface area (Å²) in [6, 6.07) is 8.60. The van der Waals surface area contributed by atoms with Gasteiger partial charge in [0.1, 0.15) is 42.5 Å². The Morgan fingerprint density at radius 3 is 2.60 bits per heavy atom. The molecule has 7 N–H and O–H groups in total. The van der Waals surface area contributed by atoms with Crippen LogP contribution in [0, 0.1) is 5.92 Å². The van der Waals surface area contributed by atoms with Gasteiger partial charge in [-0.1, -0.05) is 0 Å². The first kappa shape index (κ1) is 32.4. The number of guanidine groups is 1. The molecule has 0 bridgehead atoms. The number of nitrogens with zero attached hydrogens (tertiary/aromatic N) is 1. The predicted octanol–water partition coefficient (Wildman–Crippen LogP) is -0.920. The van der Waals surface area contributed by atoms with Gasteiger partial charge < -0.3 is 59.7 Å². The Labute approximate surface area is 267 Å². The number of esters is 1. The molecular weight excluding hydrogens is 628 g/mol. The second-order valence-electron chi connectivity index (χ2n) is 11.0. The normalized spacial score (nSPS) is 27.7. The van der Waals surface area contributed by atoms with E-state index in [0.29, 0.717) is 35.2 Å². The average molecular weight is 663 g/mol. The molecule has 47 heavy (non-hydrogen) atoms. The van der Waals surface area contributed by atoms with Crippen molar-refractivity contribution in [3.05, 3.63) is 41.5 Å². The highest BCUT2D eigenvalue weighted by Crippen LogP contribution is 2.54. The Kier molecular flexibility index (Phi) is 9.39. The minimum Gasteiger partial charge on any atom is -0.492 e. The highest BCUT2D eigenvalue weighted by molar-refractivity contribution is 5.94. The number of ether oxygens (including phenoxy) is 6. The number of carbonyl (C=O) groups excluding carboxylic acids is 1. The van der Waals surface area contributed by atoms with Crippen LogP contribution in [0.3, 0.4) is 0 Å². The molecule has 18 nitrogen and oxygen atoms in total. The number of hydrogen-bond donors (Lipinski definition) is 6. The lowest BCUT2D eigenvalue weighted by molar-refractivity contribution is -0.372. The SMILES string of the molecule is CN=C(N)NOC1C(O)C(COC(=O)C(CNC)C(=O)O)OC(O)C1OOc1ccc2c(c1)C1Oc3cc4c(cc3C1CO2)OCO4. The summed E-state index contributed by atoms with van der Waals surface area (Å²) in [6.07, 6.45) is -8.08. The van der Waals surface area contributed by atoms with Crippen LogP contribution in [0.5, 0.6) is 28.7 Å². The molecule has 2 aromatic carbocycles. The molecule has 0 aliphatic carbocycles. The zero-order chi connectivity index (χ0) is 33.2. The maximum absolute atomic E-state index is 12.4. The Bertz CT molecular complexity index is 1520. The minimum atomic E-state index is -1.79. The van der Waals surface area contributed by atoms with Crippen molar-refractivity contribution in [1.82, 2.24) is 10.8 Å². The highest BCUT2D eigenvalue weighted by Gasteiger charge is 2.49. The molecule has 4 aliphatic rings. The fourth-order valence-corrected chi connectivity index (χ4v) is 5.59. The van der Waals surface area contributed by atoms with Crippen molar-refractivity contribution in [2.24, 2.45) is 16.6 Å². The summed E-state index contributed by atoms with van der Waals surface area (Å²) in [5.41, 5.74) is 9.60. The van der Waals surface area contributed by atoms with Crippen LogP contribution in [-0.4, -0.2) is 105 Å². The second-order valence-corrected chi connectivity index (χ2v) is 11.0. The summed E-state index contributed by atoms with van der Waals surface area (Å²) in [7, 11) is 2.86. The maximum Gasteiger partial charge on any atom is 0.321 e. The van der Waals surface area contributed by atoms with Crippen LogP contribution < -0.4 is 40.4 Å². The number of carboxylic acid groups (broad SMARTS) is 1. The first-order valence-corrected chi connectivity index (χ1v) is 14.6. The molecule has 1 saturated heterocycles. The van der Waals surface area contributed by atoms with Crippen molar-refractivity contribution < 1.29 is 67.9 Å². The number of benzene rings is 2. The van der Waals surface area contributed by atoms with Gasteiger partial charge in [0.25, 0.3) is 0 Å². The Morgan fingerprint density at radius 1 is 1.06 bits per heavy atom. The van der Waals surface area contributed by atoms with Gasteiger partial charge in [0, 0.05) is 30.8 Å². The van der Waals surface area contributed by atoms with E-state index in [4.69, 9.17) is 48.8 Å². The van der Waals surface area contributed by atoms with E-state index in [-0.39, 0.29) is 31.0 Å². The Balaban J connectivity index is 1.14. The summed E-state index contributed by atoms with van der Waals surface area (Å²) in [4.78, 5) is 44.1. The third kappa shape index (κ3) is 6.51. The second kappa shape index (κ2) is 13.6. The van der Waals surface area contributed by atoms with E-state index in [2.05, 4.69) is 15.8 Å². The van der Waals surface area contributed by atoms with Crippen LogP contribution in [0.15, 0.2) is 35.3 Å². The molecule has 6 rings (SSSR count). The number of carbonyl (C=O) groups is 2. The average Bonchev–Trinajstić information content (AvgIpc) is 3.68. The summed E-state index contributed by atoms with van der Waals surface area (Å²) in [5, 5.41) is 33.8. The topological polar surface area (TPSA) is 240 Å². The molecule has 18 heteroatoms. The van der Waals surface area contributed by atoms with Gasteiger partial charge in [-0.3, -0.25) is 19.4 Å². The molecule has 0 saturated carbocycles. The molecule has 1 fully saturated rings. The van der Waals surface area contributed by atoms with Crippen LogP contribution >= 0.6 is 0 Å². The Hall–Kier alpha value is -4.59. The quantitative estimate of drug-likeness (QED) is 0.0426. The molecule has 0 amide bonds. The molecular formula is C29H34N4O14. The van der Waals surface area contributed by atoms with Crippen LogP contribution in [0.2, 0.25) is 0 Å². The van der Waals surface area contributed by atoms with Crippen LogP contribution in [0.1, 0.15) is 23.1 Å². The van der Waals surface area contributed by atoms with E-state index in [1.165, 1.54) is 14.1 Å². The monoisotopic (exact) mass is 662 g/mol. The smallest absolute Gasteiger partial charge is 0.321 e.